The molecule has 0 aromatic heterocycles. The third kappa shape index (κ3) is 3.28. The molecule has 0 saturated heterocycles. The van der Waals surface area contributed by atoms with Crippen molar-refractivity contribution in [2.24, 2.45) is 0 Å². The van der Waals surface area contributed by atoms with Crippen molar-refractivity contribution in [1.82, 2.24) is 4.31 Å². The van der Waals surface area contributed by atoms with E-state index in [0.717, 1.165) is 12.3 Å². The van der Waals surface area contributed by atoms with Crippen molar-refractivity contribution < 1.29 is 5.11 Å². The summed E-state index contributed by atoms with van der Waals surface area (Å²) >= 11 is 3.11. The van der Waals surface area contributed by atoms with E-state index in [4.69, 9.17) is 0 Å². The zero-order valence-corrected chi connectivity index (χ0v) is 9.88. The van der Waals surface area contributed by atoms with Crippen LogP contribution in [0, 0.1) is 0 Å². The summed E-state index contributed by atoms with van der Waals surface area (Å²) in [4.78, 5) is 0. The van der Waals surface area contributed by atoms with Crippen LogP contribution >= 0.6 is 23.7 Å². The van der Waals surface area contributed by atoms with Crippen molar-refractivity contribution in [3.8, 4) is 0 Å². The van der Waals surface area contributed by atoms with Gasteiger partial charge in [-0.25, -0.2) is 4.31 Å². The first-order chi connectivity index (χ1) is 7.36. The highest BCUT2D eigenvalue weighted by Crippen LogP contribution is 2.27. The van der Waals surface area contributed by atoms with Crippen LogP contribution in [0.5, 0.6) is 0 Å². The van der Waals surface area contributed by atoms with Gasteiger partial charge in [-0.05, 0) is 22.9 Å². The summed E-state index contributed by atoms with van der Waals surface area (Å²) in [5, 5.41) is 11.8. The number of aliphatic hydroxyl groups excluding tert-OH is 1. The van der Waals surface area contributed by atoms with Gasteiger partial charge < -0.3 is 5.11 Å². The van der Waals surface area contributed by atoms with Crippen molar-refractivity contribution in [3.63, 3.8) is 0 Å². The van der Waals surface area contributed by atoms with Gasteiger partial charge in [-0.1, -0.05) is 36.4 Å². The molecule has 1 aromatic carbocycles. The molecule has 0 bridgehead atoms. The second-order valence-electron chi connectivity index (χ2n) is 3.20. The van der Waals surface area contributed by atoms with Crippen LogP contribution < -0.4 is 0 Å². The summed E-state index contributed by atoms with van der Waals surface area (Å²) in [6, 6.07) is 10.2. The Morgan fingerprint density at radius 1 is 1.40 bits per heavy atom. The molecule has 1 heterocycles. The summed E-state index contributed by atoms with van der Waals surface area (Å²) in [6.07, 6.45) is 2.05. The lowest BCUT2D eigenvalue weighted by Gasteiger charge is -2.20. The van der Waals surface area contributed by atoms with Crippen molar-refractivity contribution in [2.45, 2.75) is 11.3 Å². The summed E-state index contributed by atoms with van der Waals surface area (Å²) < 4.78 is 1.95. The van der Waals surface area contributed by atoms with E-state index in [9.17, 15) is 5.11 Å². The van der Waals surface area contributed by atoms with Gasteiger partial charge in [0, 0.05) is 12.3 Å². The maximum Gasteiger partial charge on any atom is 0.165 e. The number of hydrogen-bond donors (Lipinski definition) is 1. The molecule has 80 valence electrons. The molecule has 0 saturated carbocycles. The smallest absolute Gasteiger partial charge is 0.165 e. The predicted molar refractivity (Wildman–Crippen MR) is 67.2 cm³/mol. The van der Waals surface area contributed by atoms with Crippen molar-refractivity contribution in [1.29, 1.82) is 0 Å². The van der Waals surface area contributed by atoms with Crippen LogP contribution in [0.15, 0.2) is 41.8 Å². The maximum absolute atomic E-state index is 9.84. The van der Waals surface area contributed by atoms with E-state index in [1.807, 2.05) is 27.9 Å². The fraction of sp³-hybridized carbons (Fsp3) is 0.273. The summed E-state index contributed by atoms with van der Waals surface area (Å²) in [5.41, 5.74) is 0.823. The average Bonchev–Trinajstić information content (AvgIpc) is 2.81. The normalized spacial score (nSPS) is 18.2. The summed E-state index contributed by atoms with van der Waals surface area (Å²) in [5.74, 6) is 0.846. The van der Waals surface area contributed by atoms with E-state index in [1.165, 1.54) is 5.56 Å². The Kier molecular flexibility index (Phi) is 4.14. The largest absolute Gasteiger partial charge is 0.368 e. The number of thioether (sulfide) groups is 1. The van der Waals surface area contributed by atoms with E-state index < -0.39 is 5.56 Å². The maximum atomic E-state index is 9.84. The molecule has 1 aliphatic rings. The van der Waals surface area contributed by atoms with Crippen LogP contribution in [0.2, 0.25) is 0 Å². The summed E-state index contributed by atoms with van der Waals surface area (Å²) in [7, 11) is 0. The Morgan fingerprint density at radius 3 is 2.87 bits per heavy atom. The van der Waals surface area contributed by atoms with Crippen LogP contribution in [0.25, 0.3) is 0 Å². The molecule has 1 N–H and O–H groups in total. The summed E-state index contributed by atoms with van der Waals surface area (Å²) in [6.45, 7) is 0.827. The highest BCUT2D eigenvalue weighted by Gasteiger charge is 2.17. The molecule has 0 radical (unpaired) electrons. The minimum Gasteiger partial charge on any atom is -0.368 e. The molecule has 1 aliphatic heterocycles. The monoisotopic (exact) mass is 239 g/mol. The third-order valence-corrected chi connectivity index (χ3v) is 4.19. The van der Waals surface area contributed by atoms with Gasteiger partial charge in [-0.2, -0.15) is 0 Å². The number of rotatable bonds is 4. The molecule has 0 fully saturated rings. The highest BCUT2D eigenvalue weighted by molar-refractivity contribution is 8.02. The second-order valence-corrected chi connectivity index (χ2v) is 5.20. The van der Waals surface area contributed by atoms with Crippen LogP contribution in [0.1, 0.15) is 5.56 Å². The standard InChI is InChI=1S/C11H13NOS2/c13-11(12-7-4-8-15-12)14-9-10-5-2-1-3-6-10/h1-6,8,11,13H,7,9H2. The molecule has 15 heavy (non-hydrogen) atoms. The van der Waals surface area contributed by atoms with Gasteiger partial charge in [0.05, 0.1) is 0 Å². The predicted octanol–water partition coefficient (Wildman–Crippen LogP) is 2.67. The molecule has 0 amide bonds. The first-order valence-corrected chi connectivity index (χ1v) is 6.67. The number of hydrogen-bond acceptors (Lipinski definition) is 4. The molecule has 0 spiro atoms. The topological polar surface area (TPSA) is 23.5 Å². The third-order valence-electron chi connectivity index (χ3n) is 2.07. The van der Waals surface area contributed by atoms with Crippen LogP contribution in [-0.2, 0) is 5.75 Å². The van der Waals surface area contributed by atoms with E-state index in [1.54, 1.807) is 23.7 Å². The molecule has 2 rings (SSSR count). The first-order valence-electron chi connectivity index (χ1n) is 4.78. The van der Waals surface area contributed by atoms with Gasteiger partial charge in [0.2, 0.25) is 0 Å². The minimum atomic E-state index is -0.426. The number of aliphatic hydroxyl groups is 1. The first kappa shape index (κ1) is 11.1. The minimum absolute atomic E-state index is 0.426. The second kappa shape index (κ2) is 5.61. The zero-order chi connectivity index (χ0) is 10.5. The van der Waals surface area contributed by atoms with Crippen molar-refractivity contribution in [2.75, 3.05) is 6.54 Å². The lowest BCUT2D eigenvalue weighted by molar-refractivity contribution is 0.165. The zero-order valence-electron chi connectivity index (χ0n) is 8.24. The van der Waals surface area contributed by atoms with Gasteiger partial charge >= 0.3 is 0 Å². The lowest BCUT2D eigenvalue weighted by atomic mass is 10.2. The molecular weight excluding hydrogens is 226 g/mol. The lowest BCUT2D eigenvalue weighted by Crippen LogP contribution is -2.23. The number of benzene rings is 1. The van der Waals surface area contributed by atoms with Gasteiger partial charge in [0.1, 0.15) is 0 Å². The SMILES string of the molecule is OC(SCc1ccccc1)N1CC=CS1. The van der Waals surface area contributed by atoms with Crippen LogP contribution in [0.4, 0.5) is 0 Å². The Hall–Kier alpha value is -0.420. The highest BCUT2D eigenvalue weighted by atomic mass is 32.2. The van der Waals surface area contributed by atoms with Gasteiger partial charge in [0.15, 0.2) is 5.56 Å². The molecule has 1 unspecified atom stereocenters. The fourth-order valence-corrected chi connectivity index (χ4v) is 3.00. The van der Waals surface area contributed by atoms with Crippen molar-refractivity contribution >= 4 is 23.7 Å². The molecule has 1 atom stereocenters. The quantitative estimate of drug-likeness (QED) is 0.644. The Bertz CT molecular complexity index is 321. The fourth-order valence-electron chi connectivity index (χ4n) is 1.28. The molecular formula is C11H13NOS2. The Morgan fingerprint density at radius 2 is 2.20 bits per heavy atom. The molecule has 0 aliphatic carbocycles. The molecule has 1 aromatic rings. The Labute approximate surface area is 98.5 Å². The van der Waals surface area contributed by atoms with Gasteiger partial charge in [-0.3, -0.25) is 0 Å². The van der Waals surface area contributed by atoms with E-state index in [2.05, 4.69) is 18.2 Å². The van der Waals surface area contributed by atoms with Crippen molar-refractivity contribution in [3.05, 3.63) is 47.4 Å². The van der Waals surface area contributed by atoms with Gasteiger partial charge in [0.25, 0.3) is 0 Å². The van der Waals surface area contributed by atoms with Crippen LogP contribution in [0.3, 0.4) is 0 Å². The molecule has 4 heteroatoms. The average molecular weight is 239 g/mol. The van der Waals surface area contributed by atoms with Gasteiger partial charge in [-0.15, -0.1) is 11.8 Å². The Balaban J connectivity index is 1.78. The molecule has 2 nitrogen and oxygen atoms in total. The van der Waals surface area contributed by atoms with E-state index >= 15 is 0 Å². The van der Waals surface area contributed by atoms with E-state index in [0.29, 0.717) is 0 Å². The number of nitrogens with zero attached hydrogens (tertiary/aromatic N) is 1. The van der Waals surface area contributed by atoms with E-state index in [-0.39, 0.29) is 0 Å². The van der Waals surface area contributed by atoms with Crippen LogP contribution in [-0.4, -0.2) is 21.5 Å².